The minimum absolute atomic E-state index is 0.0489. The Bertz CT molecular complexity index is 618. The zero-order valence-corrected chi connectivity index (χ0v) is 13.6. The number of urea groups is 1. The Morgan fingerprint density at radius 2 is 1.92 bits per heavy atom. The van der Waals surface area contributed by atoms with Crippen molar-refractivity contribution in [2.24, 2.45) is 0 Å². The van der Waals surface area contributed by atoms with Gasteiger partial charge in [-0.15, -0.1) is 0 Å². The van der Waals surface area contributed by atoms with Crippen LogP contribution < -0.4 is 14.8 Å². The molecule has 2 N–H and O–H groups in total. The fraction of sp³-hybridized carbons (Fsp3) is 0.588. The van der Waals surface area contributed by atoms with E-state index in [0.717, 1.165) is 13.1 Å². The number of fused-ring (bicyclic) bond motifs is 1. The summed E-state index contributed by atoms with van der Waals surface area (Å²) in [7, 11) is 0. The standard InChI is InChI=1S/C17H23N3O4/c21-14-10-20(9-13(14)19-6-2-1-3-7-19)17(22)18-12-4-5-15-16(8-12)24-11-23-15/h4-5,8,13-14,21H,1-3,6-7,9-11H2,(H,18,22)/t13-,14-/m0/s1. The summed E-state index contributed by atoms with van der Waals surface area (Å²) >= 11 is 0. The van der Waals surface area contributed by atoms with E-state index in [0.29, 0.717) is 30.3 Å². The summed E-state index contributed by atoms with van der Waals surface area (Å²) in [6.07, 6.45) is 3.12. The van der Waals surface area contributed by atoms with Gasteiger partial charge < -0.3 is 24.8 Å². The molecular weight excluding hydrogens is 310 g/mol. The minimum Gasteiger partial charge on any atom is -0.454 e. The topological polar surface area (TPSA) is 74.3 Å². The highest BCUT2D eigenvalue weighted by molar-refractivity contribution is 5.90. The Kier molecular flexibility index (Phi) is 4.20. The predicted octanol–water partition coefficient (Wildman–Crippen LogP) is 1.48. The highest BCUT2D eigenvalue weighted by Gasteiger charge is 2.38. The third-order valence-electron chi connectivity index (χ3n) is 5.03. The van der Waals surface area contributed by atoms with Crippen molar-refractivity contribution in [2.75, 3.05) is 38.3 Å². The van der Waals surface area contributed by atoms with Gasteiger partial charge in [-0.25, -0.2) is 4.79 Å². The van der Waals surface area contributed by atoms with Crippen LogP contribution in [0.25, 0.3) is 0 Å². The first-order chi connectivity index (χ1) is 11.7. The molecule has 0 bridgehead atoms. The lowest BCUT2D eigenvalue weighted by Gasteiger charge is -2.33. The van der Waals surface area contributed by atoms with Crippen LogP contribution in [0.4, 0.5) is 10.5 Å². The SMILES string of the molecule is O=C(Nc1ccc2c(c1)OCO2)N1C[C@H](O)[C@@H](N2CCCCC2)C1. The number of likely N-dealkylation sites (tertiary alicyclic amines) is 2. The number of anilines is 1. The predicted molar refractivity (Wildman–Crippen MR) is 88.4 cm³/mol. The summed E-state index contributed by atoms with van der Waals surface area (Å²) in [5.74, 6) is 1.33. The summed E-state index contributed by atoms with van der Waals surface area (Å²) < 4.78 is 10.6. The van der Waals surface area contributed by atoms with Gasteiger partial charge in [0.05, 0.1) is 18.7 Å². The highest BCUT2D eigenvalue weighted by Crippen LogP contribution is 2.34. The quantitative estimate of drug-likeness (QED) is 0.857. The fourth-order valence-electron chi connectivity index (χ4n) is 3.72. The molecule has 0 unspecified atom stereocenters. The summed E-state index contributed by atoms with van der Waals surface area (Å²) in [5, 5.41) is 13.2. The van der Waals surface area contributed by atoms with E-state index >= 15 is 0 Å². The Hall–Kier alpha value is -1.99. The lowest BCUT2D eigenvalue weighted by atomic mass is 10.1. The van der Waals surface area contributed by atoms with E-state index in [2.05, 4.69) is 10.2 Å². The van der Waals surface area contributed by atoms with E-state index in [1.54, 1.807) is 23.1 Å². The number of ether oxygens (including phenoxy) is 2. The van der Waals surface area contributed by atoms with Gasteiger partial charge in [-0.05, 0) is 38.1 Å². The van der Waals surface area contributed by atoms with E-state index in [1.807, 2.05) is 0 Å². The molecule has 3 aliphatic rings. The molecule has 0 saturated carbocycles. The van der Waals surface area contributed by atoms with Crippen LogP contribution in [-0.2, 0) is 0 Å². The van der Waals surface area contributed by atoms with Crippen molar-refractivity contribution in [3.63, 3.8) is 0 Å². The van der Waals surface area contributed by atoms with Crippen molar-refractivity contribution in [1.29, 1.82) is 0 Å². The third-order valence-corrected chi connectivity index (χ3v) is 5.03. The second-order valence-electron chi connectivity index (χ2n) is 6.63. The van der Waals surface area contributed by atoms with Gasteiger partial charge in [-0.3, -0.25) is 4.90 Å². The number of nitrogens with zero attached hydrogens (tertiary/aromatic N) is 2. The molecule has 0 spiro atoms. The van der Waals surface area contributed by atoms with Crippen molar-refractivity contribution >= 4 is 11.7 Å². The summed E-state index contributed by atoms with van der Waals surface area (Å²) in [5.41, 5.74) is 0.667. The maximum absolute atomic E-state index is 12.5. The van der Waals surface area contributed by atoms with Crippen LogP contribution in [0.2, 0.25) is 0 Å². The lowest BCUT2D eigenvalue weighted by molar-refractivity contribution is 0.0706. The van der Waals surface area contributed by atoms with Crippen LogP contribution in [0.15, 0.2) is 18.2 Å². The van der Waals surface area contributed by atoms with Crippen molar-refractivity contribution < 1.29 is 19.4 Å². The van der Waals surface area contributed by atoms with Crippen LogP contribution in [0, 0.1) is 0 Å². The van der Waals surface area contributed by atoms with Crippen LogP contribution in [0.5, 0.6) is 11.5 Å². The molecule has 0 radical (unpaired) electrons. The van der Waals surface area contributed by atoms with E-state index in [1.165, 1.54) is 19.3 Å². The normalized spacial score (nSPS) is 26.6. The maximum atomic E-state index is 12.5. The number of carbonyl (C=O) groups is 1. The first-order valence-electron chi connectivity index (χ1n) is 8.58. The maximum Gasteiger partial charge on any atom is 0.321 e. The molecule has 2 fully saturated rings. The van der Waals surface area contributed by atoms with Gasteiger partial charge in [-0.1, -0.05) is 6.42 Å². The fourth-order valence-corrected chi connectivity index (χ4v) is 3.72. The van der Waals surface area contributed by atoms with Crippen LogP contribution in [0.3, 0.4) is 0 Å². The smallest absolute Gasteiger partial charge is 0.321 e. The molecule has 3 heterocycles. The average Bonchev–Trinajstić information content (AvgIpc) is 3.21. The summed E-state index contributed by atoms with van der Waals surface area (Å²) in [4.78, 5) is 16.5. The Balaban J connectivity index is 1.38. The van der Waals surface area contributed by atoms with Gasteiger partial charge in [0.25, 0.3) is 0 Å². The molecule has 1 aromatic rings. The molecule has 7 nitrogen and oxygen atoms in total. The number of aliphatic hydroxyl groups excluding tert-OH is 1. The van der Waals surface area contributed by atoms with Crippen LogP contribution in [0.1, 0.15) is 19.3 Å². The van der Waals surface area contributed by atoms with Gasteiger partial charge in [0.15, 0.2) is 11.5 Å². The van der Waals surface area contributed by atoms with Crippen LogP contribution in [-0.4, -0.2) is 66.1 Å². The van der Waals surface area contributed by atoms with E-state index in [-0.39, 0.29) is 18.9 Å². The first kappa shape index (κ1) is 15.5. The molecular formula is C17H23N3O4. The van der Waals surface area contributed by atoms with Crippen molar-refractivity contribution in [1.82, 2.24) is 9.80 Å². The molecule has 4 rings (SSSR count). The van der Waals surface area contributed by atoms with Crippen LogP contribution >= 0.6 is 0 Å². The van der Waals surface area contributed by atoms with Gasteiger partial charge in [0, 0.05) is 18.3 Å². The Morgan fingerprint density at radius 1 is 1.12 bits per heavy atom. The van der Waals surface area contributed by atoms with Gasteiger partial charge in [0.2, 0.25) is 6.79 Å². The number of hydrogen-bond acceptors (Lipinski definition) is 5. The zero-order chi connectivity index (χ0) is 16.5. The zero-order valence-electron chi connectivity index (χ0n) is 13.6. The van der Waals surface area contributed by atoms with Crippen molar-refractivity contribution in [3.05, 3.63) is 18.2 Å². The number of benzene rings is 1. The first-order valence-corrected chi connectivity index (χ1v) is 8.58. The monoisotopic (exact) mass is 333 g/mol. The number of aliphatic hydroxyl groups is 1. The van der Waals surface area contributed by atoms with Crippen molar-refractivity contribution in [3.8, 4) is 11.5 Å². The second-order valence-corrected chi connectivity index (χ2v) is 6.63. The number of hydrogen-bond donors (Lipinski definition) is 2. The number of rotatable bonds is 2. The largest absolute Gasteiger partial charge is 0.454 e. The molecule has 2 amide bonds. The van der Waals surface area contributed by atoms with E-state index in [4.69, 9.17) is 9.47 Å². The summed E-state index contributed by atoms with van der Waals surface area (Å²) in [6, 6.07) is 5.20. The Labute approximate surface area is 141 Å². The molecule has 0 aromatic heterocycles. The molecule has 130 valence electrons. The van der Waals surface area contributed by atoms with E-state index in [9.17, 15) is 9.90 Å². The Morgan fingerprint density at radius 3 is 2.75 bits per heavy atom. The van der Waals surface area contributed by atoms with Gasteiger partial charge >= 0.3 is 6.03 Å². The number of β-amino-alcohol motifs (C(OH)–C–C–N with tert-alkyl or cyclic N) is 1. The number of amides is 2. The molecule has 1 aromatic carbocycles. The summed E-state index contributed by atoms with van der Waals surface area (Å²) in [6.45, 7) is 3.18. The number of nitrogens with one attached hydrogen (secondary N) is 1. The van der Waals surface area contributed by atoms with Gasteiger partial charge in [-0.2, -0.15) is 0 Å². The number of carbonyl (C=O) groups excluding carboxylic acids is 1. The van der Waals surface area contributed by atoms with Gasteiger partial charge in [0.1, 0.15) is 0 Å². The lowest BCUT2D eigenvalue weighted by Crippen LogP contribution is -2.46. The average molecular weight is 333 g/mol. The van der Waals surface area contributed by atoms with Crippen molar-refractivity contribution in [2.45, 2.75) is 31.4 Å². The highest BCUT2D eigenvalue weighted by atomic mass is 16.7. The molecule has 7 heteroatoms. The second kappa shape index (κ2) is 6.49. The molecule has 0 aliphatic carbocycles. The molecule has 24 heavy (non-hydrogen) atoms. The molecule has 2 saturated heterocycles. The van der Waals surface area contributed by atoms with E-state index < -0.39 is 6.10 Å². The third kappa shape index (κ3) is 3.01. The minimum atomic E-state index is -0.481. The number of piperidine rings is 1. The molecule has 2 atom stereocenters. The molecule has 3 aliphatic heterocycles.